The zero-order chi connectivity index (χ0) is 15.2. The molecule has 0 unspecified atom stereocenters. The molecule has 0 fully saturated rings. The van der Waals surface area contributed by atoms with Crippen LogP contribution in [0.3, 0.4) is 0 Å². The summed E-state index contributed by atoms with van der Waals surface area (Å²) in [6.07, 6.45) is 0.223. The van der Waals surface area contributed by atoms with Gasteiger partial charge in [0.15, 0.2) is 0 Å². The fourth-order valence-corrected chi connectivity index (χ4v) is 2.00. The summed E-state index contributed by atoms with van der Waals surface area (Å²) in [5, 5.41) is 0. The van der Waals surface area contributed by atoms with Crippen LogP contribution in [-0.4, -0.2) is 11.8 Å². The van der Waals surface area contributed by atoms with E-state index in [9.17, 15) is 9.59 Å². The highest BCUT2D eigenvalue weighted by atomic mass is 79.9. The number of carbonyl (C=O) groups excluding carboxylic acids is 2. The predicted molar refractivity (Wildman–Crippen MR) is 84.6 cm³/mol. The normalized spacial score (nSPS) is 10.0. The first-order chi connectivity index (χ1) is 10.0. The van der Waals surface area contributed by atoms with Crippen molar-refractivity contribution in [2.24, 2.45) is 0 Å². The SMILES string of the molecule is Cc1ccc(CC(=O)NNC(=O)c2ccc(Br)cc2)cc1. The average Bonchev–Trinajstić information content (AvgIpc) is 2.48. The molecule has 2 N–H and O–H groups in total. The van der Waals surface area contributed by atoms with E-state index >= 15 is 0 Å². The Kier molecular flexibility index (Phi) is 5.11. The molecule has 2 amide bonds. The maximum Gasteiger partial charge on any atom is 0.269 e. The van der Waals surface area contributed by atoms with Crippen molar-refractivity contribution < 1.29 is 9.59 Å². The second-order valence-corrected chi connectivity index (χ2v) is 5.59. The Hall–Kier alpha value is -2.14. The Bertz CT molecular complexity index is 636. The van der Waals surface area contributed by atoms with Crippen molar-refractivity contribution in [3.8, 4) is 0 Å². The average molecular weight is 347 g/mol. The van der Waals surface area contributed by atoms with Crippen molar-refractivity contribution in [1.29, 1.82) is 0 Å². The molecule has 0 aliphatic heterocycles. The zero-order valence-electron chi connectivity index (χ0n) is 11.5. The van der Waals surface area contributed by atoms with E-state index in [-0.39, 0.29) is 18.2 Å². The number of hydrogen-bond donors (Lipinski definition) is 2. The summed E-state index contributed by atoms with van der Waals surface area (Å²) in [5.41, 5.74) is 7.33. The highest BCUT2D eigenvalue weighted by molar-refractivity contribution is 9.10. The smallest absolute Gasteiger partial charge is 0.269 e. The number of rotatable bonds is 3. The first-order valence-electron chi connectivity index (χ1n) is 6.45. The first-order valence-corrected chi connectivity index (χ1v) is 7.24. The maximum atomic E-state index is 11.8. The van der Waals surface area contributed by atoms with E-state index in [0.717, 1.165) is 15.6 Å². The standard InChI is InChI=1S/C16H15BrN2O2/c1-11-2-4-12(5-3-11)10-15(20)18-19-16(21)13-6-8-14(17)9-7-13/h2-9H,10H2,1H3,(H,18,20)(H,19,21). The van der Waals surface area contributed by atoms with E-state index in [1.807, 2.05) is 31.2 Å². The molecule has 0 spiro atoms. The Morgan fingerprint density at radius 1 is 0.952 bits per heavy atom. The number of hydrazine groups is 1. The molecule has 21 heavy (non-hydrogen) atoms. The highest BCUT2D eigenvalue weighted by Gasteiger charge is 2.07. The Morgan fingerprint density at radius 2 is 1.57 bits per heavy atom. The molecular weight excluding hydrogens is 332 g/mol. The van der Waals surface area contributed by atoms with Gasteiger partial charge in [0.05, 0.1) is 6.42 Å². The molecule has 0 heterocycles. The van der Waals surface area contributed by atoms with Gasteiger partial charge in [-0.15, -0.1) is 0 Å². The minimum Gasteiger partial charge on any atom is -0.273 e. The van der Waals surface area contributed by atoms with Crippen LogP contribution in [0.25, 0.3) is 0 Å². The Morgan fingerprint density at radius 3 is 2.19 bits per heavy atom. The van der Waals surface area contributed by atoms with E-state index in [0.29, 0.717) is 5.56 Å². The van der Waals surface area contributed by atoms with Crippen molar-refractivity contribution >= 4 is 27.7 Å². The molecule has 4 nitrogen and oxygen atoms in total. The lowest BCUT2D eigenvalue weighted by molar-refractivity contribution is -0.121. The van der Waals surface area contributed by atoms with Gasteiger partial charge in [-0.25, -0.2) is 0 Å². The van der Waals surface area contributed by atoms with E-state index in [1.165, 1.54) is 0 Å². The third kappa shape index (κ3) is 4.72. The number of hydrogen-bond acceptors (Lipinski definition) is 2. The summed E-state index contributed by atoms with van der Waals surface area (Å²) in [4.78, 5) is 23.6. The van der Waals surface area contributed by atoms with Crippen LogP contribution in [0, 0.1) is 6.92 Å². The molecule has 0 saturated carbocycles. The number of halogens is 1. The van der Waals surface area contributed by atoms with Gasteiger partial charge in [-0.2, -0.15) is 0 Å². The number of carbonyl (C=O) groups is 2. The van der Waals surface area contributed by atoms with Crippen LogP contribution < -0.4 is 10.9 Å². The summed E-state index contributed by atoms with van der Waals surface area (Å²) in [6.45, 7) is 1.99. The van der Waals surface area contributed by atoms with Gasteiger partial charge in [0, 0.05) is 10.0 Å². The highest BCUT2D eigenvalue weighted by Crippen LogP contribution is 2.10. The lowest BCUT2D eigenvalue weighted by Crippen LogP contribution is -2.42. The van der Waals surface area contributed by atoms with E-state index in [2.05, 4.69) is 26.8 Å². The summed E-state index contributed by atoms with van der Waals surface area (Å²) >= 11 is 3.30. The van der Waals surface area contributed by atoms with Crippen LogP contribution in [0.4, 0.5) is 0 Å². The molecule has 2 aromatic carbocycles. The van der Waals surface area contributed by atoms with E-state index in [4.69, 9.17) is 0 Å². The first kappa shape index (κ1) is 15.3. The van der Waals surface area contributed by atoms with E-state index < -0.39 is 0 Å². The number of aryl methyl sites for hydroxylation is 1. The third-order valence-corrected chi connectivity index (χ3v) is 3.44. The number of nitrogens with one attached hydrogen (secondary N) is 2. The second kappa shape index (κ2) is 7.04. The fraction of sp³-hybridized carbons (Fsp3) is 0.125. The maximum absolute atomic E-state index is 11.8. The van der Waals surface area contributed by atoms with Crippen LogP contribution in [0.2, 0.25) is 0 Å². The quantitative estimate of drug-likeness (QED) is 0.839. The van der Waals surface area contributed by atoms with E-state index in [1.54, 1.807) is 24.3 Å². The summed E-state index contributed by atoms with van der Waals surface area (Å²) in [6, 6.07) is 14.6. The monoisotopic (exact) mass is 346 g/mol. The Labute approximate surface area is 131 Å². The molecule has 0 bridgehead atoms. The van der Waals surface area contributed by atoms with Crippen LogP contribution in [0.15, 0.2) is 53.0 Å². The van der Waals surface area contributed by atoms with Crippen LogP contribution in [0.1, 0.15) is 21.5 Å². The van der Waals surface area contributed by atoms with Crippen LogP contribution in [0.5, 0.6) is 0 Å². The summed E-state index contributed by atoms with van der Waals surface area (Å²) in [7, 11) is 0. The third-order valence-electron chi connectivity index (χ3n) is 2.91. The van der Waals surface area contributed by atoms with Crippen LogP contribution in [-0.2, 0) is 11.2 Å². The minimum absolute atomic E-state index is 0.223. The molecule has 0 radical (unpaired) electrons. The van der Waals surface area contributed by atoms with Crippen molar-refractivity contribution in [2.45, 2.75) is 13.3 Å². The molecule has 2 rings (SSSR count). The van der Waals surface area contributed by atoms with Crippen molar-refractivity contribution in [3.05, 3.63) is 69.7 Å². The second-order valence-electron chi connectivity index (χ2n) is 4.67. The lowest BCUT2D eigenvalue weighted by Gasteiger charge is -2.07. The predicted octanol–water partition coefficient (Wildman–Crippen LogP) is 2.76. The molecule has 5 heteroatoms. The lowest BCUT2D eigenvalue weighted by atomic mass is 10.1. The molecule has 0 aliphatic rings. The van der Waals surface area contributed by atoms with Gasteiger partial charge in [0.2, 0.25) is 5.91 Å². The minimum atomic E-state index is -0.347. The van der Waals surface area contributed by atoms with Gasteiger partial charge >= 0.3 is 0 Å². The molecule has 2 aromatic rings. The van der Waals surface area contributed by atoms with Gasteiger partial charge < -0.3 is 0 Å². The van der Waals surface area contributed by atoms with Gasteiger partial charge in [0.25, 0.3) is 5.91 Å². The van der Waals surface area contributed by atoms with Crippen molar-refractivity contribution in [1.82, 2.24) is 10.9 Å². The largest absolute Gasteiger partial charge is 0.273 e. The molecule has 0 aromatic heterocycles. The molecule has 0 aliphatic carbocycles. The Balaban J connectivity index is 1.84. The summed E-state index contributed by atoms with van der Waals surface area (Å²) in [5.74, 6) is -0.607. The fourth-order valence-electron chi connectivity index (χ4n) is 1.74. The molecule has 108 valence electrons. The van der Waals surface area contributed by atoms with Crippen molar-refractivity contribution in [3.63, 3.8) is 0 Å². The number of benzene rings is 2. The van der Waals surface area contributed by atoms with Crippen LogP contribution >= 0.6 is 15.9 Å². The van der Waals surface area contributed by atoms with Crippen molar-refractivity contribution in [2.75, 3.05) is 0 Å². The number of amides is 2. The van der Waals surface area contributed by atoms with Gasteiger partial charge in [-0.1, -0.05) is 45.8 Å². The van der Waals surface area contributed by atoms with Gasteiger partial charge in [-0.3, -0.25) is 20.4 Å². The topological polar surface area (TPSA) is 58.2 Å². The molecular formula is C16H15BrN2O2. The molecule has 0 atom stereocenters. The van der Waals surface area contributed by atoms with Gasteiger partial charge in [0.1, 0.15) is 0 Å². The van der Waals surface area contributed by atoms with Gasteiger partial charge in [-0.05, 0) is 36.8 Å². The summed E-state index contributed by atoms with van der Waals surface area (Å²) < 4.78 is 0.891. The zero-order valence-corrected chi connectivity index (χ0v) is 13.1. The molecule has 0 saturated heterocycles.